The van der Waals surface area contributed by atoms with Crippen LogP contribution in [-0.2, 0) is 21.0 Å². The molecular formula is C19H22F3N3O3S2. The summed E-state index contributed by atoms with van der Waals surface area (Å²) in [5, 5.41) is 2.39. The van der Waals surface area contributed by atoms with E-state index in [0.717, 1.165) is 23.9 Å². The Kier molecular flexibility index (Phi) is 7.89. The molecule has 0 saturated carbocycles. The van der Waals surface area contributed by atoms with Crippen LogP contribution in [0.4, 0.5) is 18.9 Å². The van der Waals surface area contributed by atoms with Gasteiger partial charge in [-0.1, -0.05) is 25.6 Å². The second-order valence-corrected chi connectivity index (χ2v) is 9.54. The van der Waals surface area contributed by atoms with Gasteiger partial charge < -0.3 is 5.32 Å². The maximum atomic E-state index is 12.6. The second kappa shape index (κ2) is 9.80. The van der Waals surface area contributed by atoms with Gasteiger partial charge in [0.15, 0.2) is 0 Å². The van der Waals surface area contributed by atoms with Gasteiger partial charge in [-0.15, -0.1) is 0 Å². The predicted octanol–water partition coefficient (Wildman–Crippen LogP) is 4.25. The van der Waals surface area contributed by atoms with Gasteiger partial charge in [-0.05, 0) is 43.3 Å². The summed E-state index contributed by atoms with van der Waals surface area (Å²) in [6, 6.07) is 7.10. The van der Waals surface area contributed by atoms with Crippen LogP contribution in [0.3, 0.4) is 0 Å². The molecular weight excluding hydrogens is 439 g/mol. The topological polar surface area (TPSA) is 79.4 Å². The Morgan fingerprint density at radius 3 is 2.20 bits per heavy atom. The highest BCUT2D eigenvalue weighted by Crippen LogP contribution is 2.30. The molecule has 1 aromatic heterocycles. The average molecular weight is 462 g/mol. The summed E-state index contributed by atoms with van der Waals surface area (Å²) in [5.74, 6) is -0.415. The minimum Gasteiger partial charge on any atom is -0.325 e. The summed E-state index contributed by atoms with van der Waals surface area (Å²) >= 11 is 1.11. The molecule has 0 radical (unpaired) electrons. The molecule has 0 spiro atoms. The van der Waals surface area contributed by atoms with Crippen molar-refractivity contribution in [2.24, 2.45) is 0 Å². The zero-order valence-electron chi connectivity index (χ0n) is 16.6. The second-order valence-electron chi connectivity index (χ2n) is 6.25. The number of thioether (sulfide) groups is 1. The Bertz CT molecular complexity index is 959. The fourth-order valence-corrected chi connectivity index (χ4v) is 4.71. The lowest BCUT2D eigenvalue weighted by molar-refractivity contribution is -0.137. The number of aromatic nitrogens is 1. The van der Waals surface area contributed by atoms with Gasteiger partial charge in [0.25, 0.3) is 0 Å². The van der Waals surface area contributed by atoms with E-state index in [0.29, 0.717) is 18.1 Å². The zero-order chi connectivity index (χ0) is 22.5. The van der Waals surface area contributed by atoms with E-state index in [-0.39, 0.29) is 10.6 Å². The summed E-state index contributed by atoms with van der Waals surface area (Å²) in [6.45, 7) is 5.80. The Hall–Kier alpha value is -2.11. The molecule has 164 valence electrons. The van der Waals surface area contributed by atoms with E-state index >= 15 is 0 Å². The summed E-state index contributed by atoms with van der Waals surface area (Å²) in [7, 11) is -3.62. The van der Waals surface area contributed by atoms with Gasteiger partial charge >= 0.3 is 6.18 Å². The highest BCUT2D eigenvalue weighted by Gasteiger charge is 2.30. The van der Waals surface area contributed by atoms with E-state index in [4.69, 9.17) is 0 Å². The van der Waals surface area contributed by atoms with E-state index < -0.39 is 32.9 Å². The lowest BCUT2D eigenvalue weighted by atomic mass is 10.2. The largest absolute Gasteiger partial charge is 0.416 e. The van der Waals surface area contributed by atoms with Crippen LogP contribution in [0, 0.1) is 0 Å². The number of sulfonamides is 1. The van der Waals surface area contributed by atoms with Crippen LogP contribution < -0.4 is 5.32 Å². The fourth-order valence-electron chi connectivity index (χ4n) is 2.52. The molecule has 1 N–H and O–H groups in total. The summed E-state index contributed by atoms with van der Waals surface area (Å²) in [6.07, 6.45) is -3.20. The van der Waals surface area contributed by atoms with Gasteiger partial charge in [0.2, 0.25) is 15.9 Å². The van der Waals surface area contributed by atoms with Crippen molar-refractivity contribution in [1.29, 1.82) is 0 Å². The molecule has 11 heteroatoms. The van der Waals surface area contributed by atoms with E-state index in [1.807, 2.05) is 0 Å². The van der Waals surface area contributed by atoms with Crippen molar-refractivity contribution in [3.05, 3.63) is 48.2 Å². The molecule has 0 aliphatic carbocycles. The molecule has 6 nitrogen and oxygen atoms in total. The summed E-state index contributed by atoms with van der Waals surface area (Å²) in [4.78, 5) is 16.5. The van der Waals surface area contributed by atoms with E-state index in [2.05, 4.69) is 10.3 Å². The van der Waals surface area contributed by atoms with Crippen LogP contribution in [0.15, 0.2) is 52.5 Å². The SMILES string of the molecule is CCN(CC)S(=O)(=O)c1ccc(SC(C)C(=O)Nc2ccc(C(F)(F)F)cc2)nc1. The number of halogens is 3. The minimum atomic E-state index is -4.44. The first kappa shape index (κ1) is 24.2. The number of rotatable bonds is 8. The van der Waals surface area contributed by atoms with Crippen LogP contribution >= 0.6 is 11.8 Å². The average Bonchev–Trinajstić information content (AvgIpc) is 2.68. The summed E-state index contributed by atoms with van der Waals surface area (Å²) < 4.78 is 64.1. The van der Waals surface area contributed by atoms with Crippen LogP contribution in [0.25, 0.3) is 0 Å². The predicted molar refractivity (Wildman–Crippen MR) is 110 cm³/mol. The zero-order valence-corrected chi connectivity index (χ0v) is 18.2. The van der Waals surface area contributed by atoms with Crippen molar-refractivity contribution in [3.8, 4) is 0 Å². The number of anilines is 1. The van der Waals surface area contributed by atoms with E-state index in [1.165, 1.54) is 34.8 Å². The third kappa shape index (κ3) is 5.96. The van der Waals surface area contributed by atoms with Gasteiger partial charge in [-0.3, -0.25) is 4.79 Å². The first-order valence-corrected chi connectivity index (χ1v) is 11.4. The molecule has 0 fully saturated rings. The smallest absolute Gasteiger partial charge is 0.325 e. The molecule has 1 atom stereocenters. The molecule has 0 aliphatic heterocycles. The molecule has 1 aromatic carbocycles. The van der Waals surface area contributed by atoms with Gasteiger partial charge in [0.1, 0.15) is 4.90 Å². The van der Waals surface area contributed by atoms with Gasteiger partial charge in [-0.25, -0.2) is 13.4 Å². The van der Waals surface area contributed by atoms with E-state index in [1.54, 1.807) is 20.8 Å². The van der Waals surface area contributed by atoms with Crippen LogP contribution in [0.5, 0.6) is 0 Å². The maximum absolute atomic E-state index is 12.6. The van der Waals surface area contributed by atoms with E-state index in [9.17, 15) is 26.4 Å². The normalized spacial score (nSPS) is 13.3. The molecule has 1 unspecified atom stereocenters. The van der Waals surface area contributed by atoms with Crippen LogP contribution in [-0.4, -0.2) is 42.0 Å². The quantitative estimate of drug-likeness (QED) is 0.595. The number of nitrogens with one attached hydrogen (secondary N) is 1. The molecule has 0 bridgehead atoms. The van der Waals surface area contributed by atoms with Gasteiger partial charge in [0.05, 0.1) is 15.8 Å². The number of benzene rings is 1. The standard InChI is InChI=1S/C19H22F3N3O3S2/c1-4-25(5-2)30(27,28)16-10-11-17(23-12-16)29-13(3)18(26)24-15-8-6-14(7-9-15)19(20,21)22/h6-13H,4-5H2,1-3H3,(H,24,26). The van der Waals surface area contributed by atoms with Gasteiger partial charge in [-0.2, -0.15) is 17.5 Å². The Labute approximate surface area is 177 Å². The van der Waals surface area contributed by atoms with Crippen LogP contribution in [0.1, 0.15) is 26.3 Å². The number of carbonyl (C=O) groups excluding carboxylic acids is 1. The van der Waals surface area contributed by atoms with Crippen molar-refractivity contribution < 1.29 is 26.4 Å². The Morgan fingerprint density at radius 2 is 1.73 bits per heavy atom. The number of alkyl halides is 3. The van der Waals surface area contributed by atoms with Crippen molar-refractivity contribution in [2.45, 2.75) is 42.1 Å². The Morgan fingerprint density at radius 1 is 1.13 bits per heavy atom. The molecule has 1 amide bonds. The first-order chi connectivity index (χ1) is 14.0. The van der Waals surface area contributed by atoms with Crippen LogP contribution in [0.2, 0.25) is 0 Å². The van der Waals surface area contributed by atoms with Gasteiger partial charge in [0, 0.05) is 25.0 Å². The number of carbonyl (C=O) groups is 1. The lowest BCUT2D eigenvalue weighted by Gasteiger charge is -2.18. The third-order valence-corrected chi connectivity index (χ3v) is 7.28. The number of hydrogen-bond acceptors (Lipinski definition) is 5. The Balaban J connectivity index is 2.02. The monoisotopic (exact) mass is 461 g/mol. The molecule has 0 saturated heterocycles. The summed E-state index contributed by atoms with van der Waals surface area (Å²) in [5.41, 5.74) is -0.555. The maximum Gasteiger partial charge on any atom is 0.416 e. The minimum absolute atomic E-state index is 0.0670. The molecule has 2 rings (SSSR count). The number of nitrogens with zero attached hydrogens (tertiary/aromatic N) is 2. The van der Waals surface area contributed by atoms with Crippen molar-refractivity contribution in [3.63, 3.8) is 0 Å². The van der Waals surface area contributed by atoms with Crippen molar-refractivity contribution >= 4 is 33.4 Å². The number of hydrogen-bond donors (Lipinski definition) is 1. The fraction of sp³-hybridized carbons (Fsp3) is 0.368. The lowest BCUT2D eigenvalue weighted by Crippen LogP contribution is -2.30. The number of pyridine rings is 1. The molecule has 0 aliphatic rings. The highest BCUT2D eigenvalue weighted by atomic mass is 32.2. The number of amides is 1. The third-order valence-electron chi connectivity index (χ3n) is 4.20. The molecule has 2 aromatic rings. The van der Waals surface area contributed by atoms with Crippen molar-refractivity contribution in [2.75, 3.05) is 18.4 Å². The highest BCUT2D eigenvalue weighted by molar-refractivity contribution is 8.00. The first-order valence-electron chi connectivity index (χ1n) is 9.10. The van der Waals surface area contributed by atoms with Crippen molar-refractivity contribution in [1.82, 2.24) is 9.29 Å². The molecule has 30 heavy (non-hydrogen) atoms. The molecule has 1 heterocycles.